The first-order valence-electron chi connectivity index (χ1n) is 2.83. The van der Waals surface area contributed by atoms with Gasteiger partial charge in [0.05, 0.1) is 4.92 Å². The van der Waals surface area contributed by atoms with Gasteiger partial charge in [0.1, 0.15) is 0 Å². The molecule has 1 radical (unpaired) electrons. The lowest BCUT2D eigenvalue weighted by Gasteiger charge is -1.95. The summed E-state index contributed by atoms with van der Waals surface area (Å²) in [4.78, 5) is 13.2. The zero-order chi connectivity index (χ0) is 8.43. The van der Waals surface area contributed by atoms with E-state index in [-0.39, 0.29) is 11.5 Å². The molecule has 0 amide bonds. The van der Waals surface area contributed by atoms with E-state index >= 15 is 0 Å². The minimum Gasteiger partial charge on any atom is -0.378 e. The van der Waals surface area contributed by atoms with Gasteiger partial charge in [0, 0.05) is 12.3 Å². The second-order valence-corrected chi connectivity index (χ2v) is 2.01. The minimum atomic E-state index is -0.586. The summed E-state index contributed by atoms with van der Waals surface area (Å²) in [7, 11) is 0. The molecule has 0 bridgehead atoms. The molecule has 1 aromatic heterocycles. The Morgan fingerprint density at radius 3 is 2.82 bits per heavy atom. The summed E-state index contributed by atoms with van der Waals surface area (Å²) < 4.78 is 0. The van der Waals surface area contributed by atoms with Gasteiger partial charge >= 0.3 is 5.69 Å². The van der Waals surface area contributed by atoms with Crippen molar-refractivity contribution in [3.63, 3.8) is 0 Å². The fraction of sp³-hybridized carbons (Fsp3) is 0. The fourth-order valence-corrected chi connectivity index (χ4v) is 0.652. The number of rotatable bonds is 1. The van der Waals surface area contributed by atoms with Crippen molar-refractivity contribution in [1.29, 1.82) is 0 Å². The van der Waals surface area contributed by atoms with Crippen LogP contribution >= 0.6 is 0 Å². The van der Waals surface area contributed by atoms with Crippen LogP contribution in [0.25, 0.3) is 0 Å². The third kappa shape index (κ3) is 1.43. The minimum absolute atomic E-state index is 0.0811. The second kappa shape index (κ2) is 2.53. The van der Waals surface area contributed by atoms with Crippen LogP contribution in [-0.4, -0.2) is 9.91 Å². The summed E-state index contributed by atoms with van der Waals surface area (Å²) in [6.45, 7) is 3.48. The van der Waals surface area contributed by atoms with E-state index in [4.69, 9.17) is 5.73 Å². The zero-order valence-electron chi connectivity index (χ0n) is 5.65. The molecule has 0 aromatic carbocycles. The van der Waals surface area contributed by atoms with Crippen molar-refractivity contribution >= 4 is 11.5 Å². The van der Waals surface area contributed by atoms with Gasteiger partial charge in [-0.3, -0.25) is 10.1 Å². The van der Waals surface area contributed by atoms with Gasteiger partial charge < -0.3 is 5.73 Å². The van der Waals surface area contributed by atoms with Gasteiger partial charge in [0.2, 0.25) is 5.82 Å². The average Bonchev–Trinajstić information content (AvgIpc) is 1.94. The summed E-state index contributed by atoms with van der Waals surface area (Å²) in [6.07, 6.45) is 1.38. The largest absolute Gasteiger partial charge is 0.378 e. The molecule has 0 saturated carbocycles. The maximum absolute atomic E-state index is 10.2. The normalized spacial score (nSPS) is 9.55. The zero-order valence-corrected chi connectivity index (χ0v) is 5.65. The molecule has 0 saturated heterocycles. The molecule has 0 aliphatic rings. The highest BCUT2D eigenvalue weighted by atomic mass is 16.6. The summed E-state index contributed by atoms with van der Waals surface area (Å²) in [5.41, 5.74) is 5.49. The number of nitrogens with zero attached hydrogens (tertiary/aromatic N) is 2. The van der Waals surface area contributed by atoms with Gasteiger partial charge in [-0.1, -0.05) is 0 Å². The maximum atomic E-state index is 10.2. The summed E-state index contributed by atoms with van der Waals surface area (Å²) in [5.74, 6) is -0.0811. The van der Waals surface area contributed by atoms with Crippen molar-refractivity contribution in [3.05, 3.63) is 34.9 Å². The van der Waals surface area contributed by atoms with E-state index in [0.29, 0.717) is 5.56 Å². The molecule has 5 heteroatoms. The maximum Gasteiger partial charge on any atom is 0.311 e. The summed E-state index contributed by atoms with van der Waals surface area (Å²) in [6, 6.07) is 1.28. The molecule has 0 unspecified atom stereocenters. The van der Waals surface area contributed by atoms with Gasteiger partial charge in [-0.05, 0) is 12.5 Å². The number of hydrogen-bond acceptors (Lipinski definition) is 4. The number of hydrogen-bond donors (Lipinski definition) is 1. The second-order valence-electron chi connectivity index (χ2n) is 2.01. The van der Waals surface area contributed by atoms with Crippen LogP contribution in [0.4, 0.5) is 11.5 Å². The lowest BCUT2D eigenvalue weighted by atomic mass is 10.3. The van der Waals surface area contributed by atoms with Crippen molar-refractivity contribution in [1.82, 2.24) is 4.98 Å². The van der Waals surface area contributed by atoms with Gasteiger partial charge in [0.15, 0.2) is 0 Å². The molecule has 5 nitrogen and oxygen atoms in total. The Labute approximate surface area is 63.0 Å². The molecule has 0 aliphatic carbocycles. The molecule has 0 spiro atoms. The molecule has 1 aromatic rings. The van der Waals surface area contributed by atoms with Crippen LogP contribution in [0.1, 0.15) is 5.56 Å². The van der Waals surface area contributed by atoms with E-state index < -0.39 is 4.92 Å². The van der Waals surface area contributed by atoms with E-state index in [1.165, 1.54) is 12.3 Å². The Morgan fingerprint density at radius 1 is 1.73 bits per heavy atom. The van der Waals surface area contributed by atoms with Crippen molar-refractivity contribution in [2.24, 2.45) is 0 Å². The molecule has 1 rings (SSSR count). The quantitative estimate of drug-likeness (QED) is 0.475. The smallest absolute Gasteiger partial charge is 0.311 e. The van der Waals surface area contributed by atoms with Gasteiger partial charge in [-0.15, -0.1) is 0 Å². The average molecular weight is 152 g/mol. The van der Waals surface area contributed by atoms with Crippen LogP contribution in [0, 0.1) is 17.0 Å². The van der Waals surface area contributed by atoms with Gasteiger partial charge in [-0.2, -0.15) is 0 Å². The highest BCUT2D eigenvalue weighted by molar-refractivity contribution is 5.53. The Morgan fingerprint density at radius 2 is 2.36 bits per heavy atom. The highest BCUT2D eigenvalue weighted by Gasteiger charge is 2.11. The Balaban J connectivity index is 3.23. The first-order chi connectivity index (χ1) is 5.11. The van der Waals surface area contributed by atoms with Crippen molar-refractivity contribution in [3.8, 4) is 0 Å². The molecule has 0 aliphatic heterocycles. The number of nitrogens with two attached hydrogens (primary N) is 1. The van der Waals surface area contributed by atoms with E-state index in [1.54, 1.807) is 0 Å². The van der Waals surface area contributed by atoms with E-state index in [1.807, 2.05) is 0 Å². The van der Waals surface area contributed by atoms with Crippen LogP contribution < -0.4 is 5.73 Å². The van der Waals surface area contributed by atoms with Crippen LogP contribution in [0.2, 0.25) is 0 Å². The van der Waals surface area contributed by atoms with Crippen LogP contribution in [0.3, 0.4) is 0 Å². The number of pyridine rings is 1. The number of nitro groups is 1. The number of aromatic nitrogens is 1. The Kier molecular flexibility index (Phi) is 1.72. The molecule has 0 fully saturated rings. The molecular formula is C6H6N3O2. The van der Waals surface area contributed by atoms with E-state index in [0.717, 1.165) is 0 Å². The third-order valence-electron chi connectivity index (χ3n) is 1.15. The van der Waals surface area contributed by atoms with E-state index in [2.05, 4.69) is 11.9 Å². The Bertz CT molecular complexity index is 298. The number of nitrogen functional groups attached to an aromatic ring is 1. The standard InChI is InChI=1S/C6H6N3O2/c1-4-2-5(9(10)11)6(7)8-3-4/h2-3H,1H2,(H2,7,8). The van der Waals surface area contributed by atoms with Crippen LogP contribution in [-0.2, 0) is 0 Å². The van der Waals surface area contributed by atoms with Crippen molar-refractivity contribution in [2.45, 2.75) is 0 Å². The molecule has 1 heterocycles. The molecule has 0 atom stereocenters. The monoisotopic (exact) mass is 152 g/mol. The fourth-order valence-electron chi connectivity index (χ4n) is 0.652. The Hall–Kier alpha value is -1.65. The van der Waals surface area contributed by atoms with Gasteiger partial charge in [-0.25, -0.2) is 4.98 Å². The SMILES string of the molecule is [CH2]c1cnc(N)c([N+](=O)[O-])c1. The first-order valence-corrected chi connectivity index (χ1v) is 2.83. The summed E-state index contributed by atoms with van der Waals surface area (Å²) in [5, 5.41) is 10.2. The lowest BCUT2D eigenvalue weighted by Crippen LogP contribution is -1.98. The first kappa shape index (κ1) is 7.46. The predicted octanol–water partition coefficient (Wildman–Crippen LogP) is 0.754. The predicted molar refractivity (Wildman–Crippen MR) is 39.8 cm³/mol. The third-order valence-corrected chi connectivity index (χ3v) is 1.15. The van der Waals surface area contributed by atoms with Crippen molar-refractivity contribution < 1.29 is 4.92 Å². The van der Waals surface area contributed by atoms with Crippen LogP contribution in [0.15, 0.2) is 12.3 Å². The molecular weight excluding hydrogens is 146 g/mol. The number of anilines is 1. The topological polar surface area (TPSA) is 82.0 Å². The molecule has 11 heavy (non-hydrogen) atoms. The van der Waals surface area contributed by atoms with Crippen molar-refractivity contribution in [2.75, 3.05) is 5.73 Å². The van der Waals surface area contributed by atoms with Gasteiger partial charge in [0.25, 0.3) is 0 Å². The molecule has 2 N–H and O–H groups in total. The van der Waals surface area contributed by atoms with Crippen LogP contribution in [0.5, 0.6) is 0 Å². The lowest BCUT2D eigenvalue weighted by molar-refractivity contribution is -0.384. The highest BCUT2D eigenvalue weighted by Crippen LogP contribution is 2.18. The van der Waals surface area contributed by atoms with E-state index in [9.17, 15) is 10.1 Å². The summed E-state index contributed by atoms with van der Waals surface area (Å²) >= 11 is 0. The molecule has 57 valence electrons.